The van der Waals surface area contributed by atoms with Crippen molar-refractivity contribution in [2.24, 2.45) is 5.92 Å². The molecule has 0 spiro atoms. The van der Waals surface area contributed by atoms with Crippen LogP contribution in [0.2, 0.25) is 0 Å². The molecule has 0 radical (unpaired) electrons. The number of carbonyl (C=O) groups excluding carboxylic acids is 1. The van der Waals surface area contributed by atoms with Gasteiger partial charge in [-0.2, -0.15) is 13.2 Å². The van der Waals surface area contributed by atoms with Gasteiger partial charge in [-0.15, -0.1) is 0 Å². The van der Waals surface area contributed by atoms with E-state index in [-0.39, 0.29) is 0 Å². The summed E-state index contributed by atoms with van der Waals surface area (Å²) in [6, 6.07) is 3.86. The fourth-order valence-electron chi connectivity index (χ4n) is 2.92. The first-order chi connectivity index (χ1) is 11.2. The lowest BCUT2D eigenvalue weighted by Crippen LogP contribution is -2.36. The number of benzene rings is 1. The monoisotopic (exact) mass is 363 g/mol. The van der Waals surface area contributed by atoms with Crippen LogP contribution in [0, 0.1) is 5.92 Å². The first kappa shape index (κ1) is 18.8. The maximum absolute atomic E-state index is 13.0. The molecule has 1 aliphatic carbocycles. The Labute approximate surface area is 139 Å². The zero-order valence-electron chi connectivity index (χ0n) is 13.1. The molecule has 8 heteroatoms. The largest absolute Gasteiger partial charge is 0.417 e. The number of hydrogen-bond acceptors (Lipinski definition) is 3. The molecule has 0 unspecified atom stereocenters. The normalized spacial score (nSPS) is 17.8. The van der Waals surface area contributed by atoms with E-state index in [0.29, 0.717) is 18.9 Å². The highest BCUT2D eigenvalue weighted by Crippen LogP contribution is 2.34. The Balaban J connectivity index is 2.20. The van der Waals surface area contributed by atoms with Crippen LogP contribution in [0.15, 0.2) is 29.2 Å². The van der Waals surface area contributed by atoms with Gasteiger partial charge in [0.2, 0.25) is 5.91 Å². The SMILES string of the molecule is O=C(NS(=O)(=O)c1ccccc1C(F)(F)F)C1CCCCCCC1. The van der Waals surface area contributed by atoms with Crippen LogP contribution in [0.4, 0.5) is 13.2 Å². The van der Waals surface area contributed by atoms with E-state index in [9.17, 15) is 26.4 Å². The second-order valence-corrected chi connectivity index (χ2v) is 7.66. The second kappa shape index (κ2) is 7.55. The van der Waals surface area contributed by atoms with Gasteiger partial charge in [-0.3, -0.25) is 4.79 Å². The maximum Gasteiger partial charge on any atom is 0.417 e. The molecule has 2 rings (SSSR count). The fourth-order valence-corrected chi connectivity index (χ4v) is 4.20. The molecule has 24 heavy (non-hydrogen) atoms. The molecule has 1 aromatic rings. The van der Waals surface area contributed by atoms with E-state index in [1.807, 2.05) is 4.72 Å². The number of amides is 1. The van der Waals surface area contributed by atoms with Crippen molar-refractivity contribution in [1.29, 1.82) is 0 Å². The van der Waals surface area contributed by atoms with E-state index in [0.717, 1.165) is 44.2 Å². The number of carbonyl (C=O) groups is 1. The molecule has 0 atom stereocenters. The average molecular weight is 363 g/mol. The first-order valence-corrected chi connectivity index (χ1v) is 9.43. The van der Waals surface area contributed by atoms with Crippen molar-refractivity contribution in [3.63, 3.8) is 0 Å². The predicted molar refractivity (Wildman–Crippen MR) is 82.6 cm³/mol. The predicted octanol–water partition coefficient (Wildman–Crippen LogP) is 3.87. The number of nitrogens with one attached hydrogen (secondary N) is 1. The molecule has 4 nitrogen and oxygen atoms in total. The Bertz CT molecular complexity index is 678. The zero-order chi connectivity index (χ0) is 17.8. The zero-order valence-corrected chi connectivity index (χ0v) is 13.9. The molecule has 1 aliphatic rings. The van der Waals surface area contributed by atoms with Crippen LogP contribution in [-0.2, 0) is 21.0 Å². The van der Waals surface area contributed by atoms with Crippen LogP contribution in [0.3, 0.4) is 0 Å². The minimum absolute atomic E-state index is 0.474. The van der Waals surface area contributed by atoms with Gasteiger partial charge in [-0.1, -0.05) is 44.2 Å². The van der Waals surface area contributed by atoms with Gasteiger partial charge >= 0.3 is 6.18 Å². The average Bonchev–Trinajstić information content (AvgIpc) is 2.45. The third-order valence-electron chi connectivity index (χ3n) is 4.19. The first-order valence-electron chi connectivity index (χ1n) is 7.95. The molecular formula is C16H20F3NO3S. The van der Waals surface area contributed by atoms with Crippen molar-refractivity contribution in [2.75, 3.05) is 0 Å². The van der Waals surface area contributed by atoms with Gasteiger partial charge < -0.3 is 0 Å². The van der Waals surface area contributed by atoms with E-state index in [1.54, 1.807) is 0 Å². The van der Waals surface area contributed by atoms with Gasteiger partial charge in [-0.25, -0.2) is 13.1 Å². The number of hydrogen-bond donors (Lipinski definition) is 1. The highest BCUT2D eigenvalue weighted by Gasteiger charge is 2.37. The summed E-state index contributed by atoms with van der Waals surface area (Å²) < 4.78 is 65.4. The van der Waals surface area contributed by atoms with Crippen molar-refractivity contribution >= 4 is 15.9 Å². The van der Waals surface area contributed by atoms with Gasteiger partial charge in [0.25, 0.3) is 10.0 Å². The van der Waals surface area contributed by atoms with Crippen molar-refractivity contribution in [3.8, 4) is 0 Å². The third-order valence-corrected chi connectivity index (χ3v) is 5.60. The van der Waals surface area contributed by atoms with E-state index in [1.165, 1.54) is 6.07 Å². The van der Waals surface area contributed by atoms with Crippen LogP contribution in [0.25, 0.3) is 0 Å². The lowest BCUT2D eigenvalue weighted by molar-refractivity contribution is -0.140. The number of halogens is 3. The molecule has 134 valence electrons. The standard InChI is InChI=1S/C16H20F3NO3S/c17-16(18,19)13-10-6-7-11-14(13)24(22,23)20-15(21)12-8-4-2-1-3-5-9-12/h6-7,10-12H,1-5,8-9H2,(H,20,21). The van der Waals surface area contributed by atoms with Crippen molar-refractivity contribution in [1.82, 2.24) is 4.72 Å². The van der Waals surface area contributed by atoms with Crippen LogP contribution >= 0.6 is 0 Å². The highest BCUT2D eigenvalue weighted by molar-refractivity contribution is 7.90. The fraction of sp³-hybridized carbons (Fsp3) is 0.562. The molecule has 1 saturated carbocycles. The summed E-state index contributed by atoms with van der Waals surface area (Å²) in [4.78, 5) is 11.3. The van der Waals surface area contributed by atoms with Gasteiger partial charge in [0.15, 0.2) is 0 Å². The van der Waals surface area contributed by atoms with Crippen molar-refractivity contribution < 1.29 is 26.4 Å². The number of alkyl halides is 3. The topological polar surface area (TPSA) is 63.2 Å². The van der Waals surface area contributed by atoms with E-state index in [4.69, 9.17) is 0 Å². The Morgan fingerprint density at radius 1 is 1.00 bits per heavy atom. The Kier molecular flexibility index (Phi) is 5.90. The van der Waals surface area contributed by atoms with Crippen LogP contribution in [0.5, 0.6) is 0 Å². The minimum atomic E-state index is -4.81. The van der Waals surface area contributed by atoms with Gasteiger partial charge in [0.05, 0.1) is 10.5 Å². The number of rotatable bonds is 3. The molecule has 1 N–H and O–H groups in total. The second-order valence-electron chi connectivity index (χ2n) is 6.01. The van der Waals surface area contributed by atoms with Gasteiger partial charge in [-0.05, 0) is 25.0 Å². The van der Waals surface area contributed by atoms with Gasteiger partial charge in [0, 0.05) is 5.92 Å². The summed E-state index contributed by atoms with van der Waals surface area (Å²) >= 11 is 0. The minimum Gasteiger partial charge on any atom is -0.274 e. The summed E-state index contributed by atoms with van der Waals surface area (Å²) in [5, 5.41) is 0. The lowest BCUT2D eigenvalue weighted by Gasteiger charge is -2.20. The number of sulfonamides is 1. The molecule has 1 fully saturated rings. The molecule has 0 aromatic heterocycles. The summed E-state index contributed by atoms with van der Waals surface area (Å²) in [6.45, 7) is 0. The quantitative estimate of drug-likeness (QED) is 0.887. The smallest absolute Gasteiger partial charge is 0.274 e. The molecule has 1 aromatic carbocycles. The van der Waals surface area contributed by atoms with E-state index < -0.39 is 38.5 Å². The lowest BCUT2D eigenvalue weighted by atomic mass is 9.91. The van der Waals surface area contributed by atoms with Crippen LogP contribution in [0.1, 0.15) is 50.5 Å². The summed E-state index contributed by atoms with van der Waals surface area (Å²) in [5.41, 5.74) is -1.28. The Morgan fingerprint density at radius 3 is 2.12 bits per heavy atom. The summed E-state index contributed by atoms with van der Waals surface area (Å²) in [5.74, 6) is -1.19. The Hall–Kier alpha value is -1.57. The van der Waals surface area contributed by atoms with E-state index in [2.05, 4.69) is 0 Å². The molecular weight excluding hydrogens is 343 g/mol. The summed E-state index contributed by atoms with van der Waals surface area (Å²) in [7, 11) is -4.56. The molecule has 1 amide bonds. The molecule has 0 bridgehead atoms. The van der Waals surface area contributed by atoms with E-state index >= 15 is 0 Å². The van der Waals surface area contributed by atoms with Crippen LogP contribution < -0.4 is 4.72 Å². The van der Waals surface area contributed by atoms with Crippen LogP contribution in [-0.4, -0.2) is 14.3 Å². The summed E-state index contributed by atoms with van der Waals surface area (Å²) in [6.07, 6.45) is 0.986. The highest BCUT2D eigenvalue weighted by atomic mass is 32.2. The maximum atomic E-state index is 13.0. The Morgan fingerprint density at radius 2 is 1.54 bits per heavy atom. The third kappa shape index (κ3) is 4.72. The molecule has 0 heterocycles. The van der Waals surface area contributed by atoms with Crippen molar-refractivity contribution in [3.05, 3.63) is 29.8 Å². The van der Waals surface area contributed by atoms with Gasteiger partial charge in [0.1, 0.15) is 0 Å². The molecule has 0 aliphatic heterocycles. The molecule has 0 saturated heterocycles. The van der Waals surface area contributed by atoms with Crippen molar-refractivity contribution in [2.45, 2.75) is 56.0 Å².